The van der Waals surface area contributed by atoms with Crippen LogP contribution in [0.1, 0.15) is 20.8 Å². The van der Waals surface area contributed by atoms with Gasteiger partial charge in [-0.3, -0.25) is 14.9 Å². The van der Waals surface area contributed by atoms with Gasteiger partial charge in [0, 0.05) is 6.07 Å². The molecule has 0 unspecified atom stereocenters. The predicted octanol–water partition coefficient (Wildman–Crippen LogP) is 2.17. The second-order valence-electron chi connectivity index (χ2n) is 5.18. The number of nitrogens with zero attached hydrogens (tertiary/aromatic N) is 2. The van der Waals surface area contributed by atoms with Gasteiger partial charge in [-0.05, 0) is 18.9 Å². The second kappa shape index (κ2) is 6.85. The molecule has 0 saturated heterocycles. The number of hydrogen-bond donors (Lipinski definition) is 1. The van der Waals surface area contributed by atoms with Gasteiger partial charge in [0.15, 0.2) is 18.2 Å². The third kappa shape index (κ3) is 4.15. The second-order valence-corrected chi connectivity index (χ2v) is 5.18. The lowest BCUT2D eigenvalue weighted by Gasteiger charge is -2.27. The van der Waals surface area contributed by atoms with Crippen LogP contribution >= 0.6 is 0 Å². The number of halogens is 1. The average molecular weight is 309 g/mol. The number of carbonyl (C=O) groups excluding carboxylic acids is 1. The van der Waals surface area contributed by atoms with Crippen LogP contribution in [-0.4, -0.2) is 23.0 Å². The topological polar surface area (TPSA) is 105 Å². The number of nitriles is 1. The highest BCUT2D eigenvalue weighted by Crippen LogP contribution is 2.22. The molecule has 0 aliphatic carbocycles. The molecule has 118 valence electrons. The first-order valence-electron chi connectivity index (χ1n) is 6.48. The number of nitro benzene ring substituents is 1. The minimum absolute atomic E-state index is 0.127. The normalized spacial score (nSPS) is 13.1. The molecule has 0 bridgehead atoms. The maximum atomic E-state index is 13.6. The number of carbonyl (C=O) groups is 1. The average Bonchev–Trinajstić information content (AvgIpc) is 2.45. The standard InChI is InChI=1S/C14H16FN3O4/c1-9(2)14(3,8-16)17-13(19)7-22-12-5-4-10(18(20)21)6-11(12)15/h4-6,9H,7H2,1-3H3,(H,17,19)/t14-/m0/s1. The van der Waals surface area contributed by atoms with Crippen molar-refractivity contribution in [2.24, 2.45) is 5.92 Å². The van der Waals surface area contributed by atoms with Crippen molar-refractivity contribution in [1.82, 2.24) is 5.32 Å². The molecule has 0 radical (unpaired) electrons. The smallest absolute Gasteiger partial charge is 0.272 e. The zero-order valence-electron chi connectivity index (χ0n) is 12.4. The Bertz CT molecular complexity index is 627. The van der Waals surface area contributed by atoms with Gasteiger partial charge < -0.3 is 10.1 Å². The molecular formula is C14H16FN3O4. The Balaban J connectivity index is 2.69. The van der Waals surface area contributed by atoms with Crippen LogP contribution in [0, 0.1) is 33.2 Å². The Labute approximate surface area is 126 Å². The van der Waals surface area contributed by atoms with Gasteiger partial charge in [-0.15, -0.1) is 0 Å². The van der Waals surface area contributed by atoms with E-state index in [2.05, 4.69) is 5.32 Å². The first-order chi connectivity index (χ1) is 10.2. The highest BCUT2D eigenvalue weighted by molar-refractivity contribution is 5.78. The Morgan fingerprint density at radius 1 is 1.59 bits per heavy atom. The molecule has 0 aliphatic rings. The first kappa shape index (κ1) is 17.4. The molecule has 0 saturated carbocycles. The van der Waals surface area contributed by atoms with Gasteiger partial charge in [-0.2, -0.15) is 5.26 Å². The fourth-order valence-electron chi connectivity index (χ4n) is 1.49. The van der Waals surface area contributed by atoms with Crippen LogP contribution in [0.2, 0.25) is 0 Å². The van der Waals surface area contributed by atoms with E-state index in [9.17, 15) is 19.3 Å². The summed E-state index contributed by atoms with van der Waals surface area (Å²) in [6, 6.07) is 4.86. The molecule has 8 heteroatoms. The number of ether oxygens (including phenoxy) is 1. The highest BCUT2D eigenvalue weighted by Gasteiger charge is 2.30. The summed E-state index contributed by atoms with van der Waals surface area (Å²) in [6.45, 7) is 4.63. The van der Waals surface area contributed by atoms with Crippen LogP contribution < -0.4 is 10.1 Å². The van der Waals surface area contributed by atoms with Crippen LogP contribution in [0.15, 0.2) is 18.2 Å². The van der Waals surface area contributed by atoms with Crippen molar-refractivity contribution in [3.63, 3.8) is 0 Å². The summed E-state index contributed by atoms with van der Waals surface area (Å²) in [5.74, 6) is -1.93. The van der Waals surface area contributed by atoms with E-state index >= 15 is 0 Å². The number of amides is 1. The van der Waals surface area contributed by atoms with Gasteiger partial charge in [0.25, 0.3) is 11.6 Å². The van der Waals surface area contributed by atoms with E-state index in [1.807, 2.05) is 6.07 Å². The van der Waals surface area contributed by atoms with Crippen LogP contribution in [-0.2, 0) is 4.79 Å². The summed E-state index contributed by atoms with van der Waals surface area (Å²) in [5, 5.41) is 22.1. The van der Waals surface area contributed by atoms with E-state index in [0.717, 1.165) is 12.1 Å². The zero-order chi connectivity index (χ0) is 16.9. The predicted molar refractivity (Wildman–Crippen MR) is 75.5 cm³/mol. The quantitative estimate of drug-likeness (QED) is 0.640. The lowest BCUT2D eigenvalue weighted by atomic mass is 9.90. The molecule has 0 fully saturated rings. The summed E-state index contributed by atoms with van der Waals surface area (Å²) in [6.07, 6.45) is 0. The highest BCUT2D eigenvalue weighted by atomic mass is 19.1. The minimum Gasteiger partial charge on any atom is -0.481 e. The van der Waals surface area contributed by atoms with Crippen molar-refractivity contribution >= 4 is 11.6 Å². The number of non-ortho nitro benzene ring substituents is 1. The lowest BCUT2D eigenvalue weighted by molar-refractivity contribution is -0.385. The fraction of sp³-hybridized carbons (Fsp3) is 0.429. The van der Waals surface area contributed by atoms with E-state index in [-0.39, 0.29) is 11.7 Å². The van der Waals surface area contributed by atoms with Gasteiger partial charge in [0.1, 0.15) is 5.54 Å². The van der Waals surface area contributed by atoms with Gasteiger partial charge in [-0.25, -0.2) is 4.39 Å². The molecule has 22 heavy (non-hydrogen) atoms. The van der Waals surface area contributed by atoms with Crippen LogP contribution in [0.25, 0.3) is 0 Å². The maximum Gasteiger partial charge on any atom is 0.272 e. The minimum atomic E-state index is -1.06. The largest absolute Gasteiger partial charge is 0.481 e. The molecule has 1 amide bonds. The molecule has 0 aromatic heterocycles. The third-order valence-electron chi connectivity index (χ3n) is 3.27. The summed E-state index contributed by atoms with van der Waals surface area (Å²) >= 11 is 0. The van der Waals surface area contributed by atoms with E-state index in [1.165, 1.54) is 0 Å². The Morgan fingerprint density at radius 3 is 2.68 bits per heavy atom. The van der Waals surface area contributed by atoms with E-state index in [1.54, 1.807) is 20.8 Å². The Kier molecular flexibility index (Phi) is 5.40. The molecule has 0 heterocycles. The molecular weight excluding hydrogens is 293 g/mol. The molecule has 1 rings (SSSR count). The van der Waals surface area contributed by atoms with Crippen molar-refractivity contribution in [3.8, 4) is 11.8 Å². The lowest BCUT2D eigenvalue weighted by Crippen LogP contribution is -2.50. The summed E-state index contributed by atoms with van der Waals surface area (Å²) in [5.41, 5.74) is -1.47. The van der Waals surface area contributed by atoms with Crippen LogP contribution in [0.5, 0.6) is 5.75 Å². The maximum absolute atomic E-state index is 13.6. The van der Waals surface area contributed by atoms with Crippen molar-refractivity contribution in [3.05, 3.63) is 34.1 Å². The number of benzene rings is 1. The summed E-state index contributed by atoms with van der Waals surface area (Å²) < 4.78 is 18.6. The molecule has 0 aliphatic heterocycles. The molecule has 1 aromatic rings. The third-order valence-corrected chi connectivity index (χ3v) is 3.27. The molecule has 7 nitrogen and oxygen atoms in total. The van der Waals surface area contributed by atoms with Crippen molar-refractivity contribution < 1.29 is 18.8 Å². The van der Waals surface area contributed by atoms with Gasteiger partial charge >= 0.3 is 0 Å². The van der Waals surface area contributed by atoms with Crippen molar-refractivity contribution in [2.45, 2.75) is 26.3 Å². The van der Waals surface area contributed by atoms with Gasteiger partial charge in [-0.1, -0.05) is 13.8 Å². The number of rotatable bonds is 6. The molecule has 0 spiro atoms. The fourth-order valence-corrected chi connectivity index (χ4v) is 1.49. The molecule has 1 atom stereocenters. The monoisotopic (exact) mass is 309 g/mol. The zero-order valence-corrected chi connectivity index (χ0v) is 12.4. The first-order valence-corrected chi connectivity index (χ1v) is 6.48. The molecule has 1 aromatic carbocycles. The van der Waals surface area contributed by atoms with Crippen molar-refractivity contribution in [2.75, 3.05) is 6.61 Å². The summed E-state index contributed by atoms with van der Waals surface area (Å²) in [7, 11) is 0. The van der Waals surface area contributed by atoms with E-state index in [4.69, 9.17) is 10.00 Å². The SMILES string of the molecule is CC(C)[C@](C)(C#N)NC(=O)COc1ccc([N+](=O)[O-])cc1F. The Morgan fingerprint density at radius 2 is 2.23 bits per heavy atom. The Hall–Kier alpha value is -2.69. The molecule has 1 N–H and O–H groups in total. The number of nitrogens with one attached hydrogen (secondary N) is 1. The summed E-state index contributed by atoms with van der Waals surface area (Å²) in [4.78, 5) is 21.5. The van der Waals surface area contributed by atoms with Crippen molar-refractivity contribution in [1.29, 1.82) is 5.26 Å². The van der Waals surface area contributed by atoms with Crippen LogP contribution in [0.4, 0.5) is 10.1 Å². The van der Waals surface area contributed by atoms with E-state index < -0.39 is 34.5 Å². The number of nitro groups is 1. The number of hydrogen-bond acceptors (Lipinski definition) is 5. The van der Waals surface area contributed by atoms with Crippen LogP contribution in [0.3, 0.4) is 0 Å². The van der Waals surface area contributed by atoms with Gasteiger partial charge in [0.2, 0.25) is 0 Å². The van der Waals surface area contributed by atoms with E-state index in [0.29, 0.717) is 6.07 Å². The van der Waals surface area contributed by atoms with Gasteiger partial charge in [0.05, 0.1) is 17.1 Å².